The third-order valence-corrected chi connectivity index (χ3v) is 18.8. The second kappa shape index (κ2) is 21.7. The third kappa shape index (κ3) is 10.4. The number of amides is 2. The van der Waals surface area contributed by atoms with Gasteiger partial charge in [-0.1, -0.05) is 70.2 Å². The first-order valence-corrected chi connectivity index (χ1v) is 29.3. The van der Waals surface area contributed by atoms with Gasteiger partial charge in [-0.2, -0.15) is 9.97 Å². The minimum absolute atomic E-state index is 0.0111. The molecule has 0 saturated carbocycles. The van der Waals surface area contributed by atoms with E-state index in [1.807, 2.05) is 75.8 Å². The summed E-state index contributed by atoms with van der Waals surface area (Å²) in [5, 5.41) is 35.8. The van der Waals surface area contributed by atoms with Crippen molar-refractivity contribution in [1.82, 2.24) is 45.5 Å². The number of carbonyl (C=O) groups is 2. The zero-order chi connectivity index (χ0) is 54.7. The Bertz CT molecular complexity index is 3390. The Morgan fingerprint density at radius 3 is 2.61 bits per heavy atom. The van der Waals surface area contributed by atoms with Gasteiger partial charge >= 0.3 is 6.01 Å². The number of pyridine rings is 1. The molecule has 414 valence electrons. The summed E-state index contributed by atoms with van der Waals surface area (Å²) >= 11 is 1.59. The van der Waals surface area contributed by atoms with Crippen LogP contribution in [0.1, 0.15) is 126 Å². The number of likely N-dealkylation sites (tertiary alicyclic amines) is 2. The first-order chi connectivity index (χ1) is 38.2. The van der Waals surface area contributed by atoms with Gasteiger partial charge in [-0.3, -0.25) is 19.5 Å². The lowest BCUT2D eigenvalue weighted by atomic mass is 9.78. The Morgan fingerprint density at radius 2 is 1.82 bits per heavy atom. The minimum atomic E-state index is -0.834. The van der Waals surface area contributed by atoms with Crippen LogP contribution in [0.15, 0.2) is 76.9 Å². The fourth-order valence-corrected chi connectivity index (χ4v) is 13.9. The maximum atomic E-state index is 14.4. The number of rotatable bonds is 16. The van der Waals surface area contributed by atoms with E-state index in [1.54, 1.807) is 17.4 Å². The number of aliphatic hydroxyl groups excluding tert-OH is 1. The molecule has 9 heterocycles. The number of phenolic OH excluding ortho intramolecular Hbond substituents is 1. The zero-order valence-corrected chi connectivity index (χ0v) is 46.9. The van der Waals surface area contributed by atoms with Gasteiger partial charge in [0, 0.05) is 74.0 Å². The number of anilines is 1. The first-order valence-electron chi connectivity index (χ1n) is 28.4. The number of aromatic nitrogens is 5. The molecule has 3 aromatic carbocycles. The number of phenols is 1. The van der Waals surface area contributed by atoms with E-state index < -0.39 is 18.1 Å². The Kier molecular flexibility index (Phi) is 14.6. The number of ether oxygens (including phenoxy) is 2. The van der Waals surface area contributed by atoms with Gasteiger partial charge in [0.05, 0.1) is 51.4 Å². The topological polar surface area (TPSA) is 204 Å². The molecule has 4 N–H and O–H groups in total. The summed E-state index contributed by atoms with van der Waals surface area (Å²) in [6.07, 6.45) is 7.47. The van der Waals surface area contributed by atoms with Crippen molar-refractivity contribution < 1.29 is 33.8 Å². The summed E-state index contributed by atoms with van der Waals surface area (Å²) in [6, 6.07) is 19.7. The van der Waals surface area contributed by atoms with Crippen molar-refractivity contribution in [3.8, 4) is 39.3 Å². The second-order valence-electron chi connectivity index (χ2n) is 23.5. The third-order valence-electron chi connectivity index (χ3n) is 17.8. The highest BCUT2D eigenvalue weighted by atomic mass is 32.1. The number of β-amino-alcohol motifs (C(OH)–C–C–N with tert-alkyl or cyclic N) is 1. The minimum Gasteiger partial charge on any atom is -0.508 e. The van der Waals surface area contributed by atoms with Crippen LogP contribution in [0.25, 0.3) is 43.4 Å². The summed E-state index contributed by atoms with van der Waals surface area (Å²) in [5.41, 5.74) is 9.72. The lowest BCUT2D eigenvalue weighted by Crippen LogP contribution is -2.54. The van der Waals surface area contributed by atoms with E-state index in [2.05, 4.69) is 62.6 Å². The molecule has 6 aliphatic rings. The number of aliphatic hydroxyl groups is 1. The average molecular weight is 1090 g/mol. The molecule has 5 saturated heterocycles. The smallest absolute Gasteiger partial charge is 0.319 e. The quantitative estimate of drug-likeness (QED) is 0.0712. The first kappa shape index (κ1) is 52.9. The van der Waals surface area contributed by atoms with Crippen molar-refractivity contribution in [3.05, 3.63) is 101 Å². The van der Waals surface area contributed by atoms with E-state index in [0.717, 1.165) is 131 Å². The van der Waals surface area contributed by atoms with E-state index in [9.17, 15) is 19.8 Å². The predicted molar refractivity (Wildman–Crippen MR) is 305 cm³/mol. The average Bonchev–Trinajstić information content (AvgIpc) is 4.28. The van der Waals surface area contributed by atoms with E-state index in [-0.39, 0.29) is 53.8 Å². The molecule has 79 heavy (non-hydrogen) atoms. The summed E-state index contributed by atoms with van der Waals surface area (Å²) in [6.45, 7) is 17.6. The lowest BCUT2D eigenvalue weighted by molar-refractivity contribution is -0.141. The van der Waals surface area contributed by atoms with E-state index in [4.69, 9.17) is 28.9 Å². The standard InChI is InChI=1S/C61H72N10O7S/c1-34(2)51(59(75)71-32-44(73)27-48(71)58(74)65-36(4)38-13-15-39(16-14-38)56-37(5)64-33-79-56)49-28-50(68-78-49)76-23-19-61(6)17-20-69(21-18-61)22-24-77-60-66-55-47(57(67-60)70-31-41-10-8-11-42(70)29-62-41)30-63-54-46-26-43(72)25-40-9-7-12-45(53(40)46)35(3)52(54)55/h7,9,12-16,25-26,28,30,33-36,41-42,44,48,51,62,72-73H,8,10-11,17-24,27,29,31-32H2,1-6H3,(H,65,74)/t35?,36-,41?,42?,44+,48-,51-/m0/s1. The SMILES string of the molecule is Cc1ncsc1-c1ccc([C@H](C)NC(=O)[C@@H]2C[C@@H](O)CN2C(=O)[C@H](c2cc(OCCC3(C)CCN(CCOc4nc(N5CC6CCCC5CN6)c5cnc6c(c5n4)C(C)c4cccc5cc(O)cc-6c45)CC3)no2)C(C)C)cc1. The van der Waals surface area contributed by atoms with Crippen LogP contribution in [0.3, 0.4) is 0 Å². The van der Waals surface area contributed by atoms with E-state index in [0.29, 0.717) is 42.9 Å². The molecule has 2 amide bonds. The zero-order valence-electron chi connectivity index (χ0n) is 46.1. The van der Waals surface area contributed by atoms with Gasteiger partial charge in [0.25, 0.3) is 5.88 Å². The van der Waals surface area contributed by atoms with Gasteiger partial charge in [0.15, 0.2) is 5.76 Å². The monoisotopic (exact) mass is 1090 g/mol. The maximum Gasteiger partial charge on any atom is 0.319 e. The molecule has 1 aliphatic carbocycles. The number of carbonyl (C=O) groups excluding carboxylic acids is 2. The molecule has 0 radical (unpaired) electrons. The van der Waals surface area contributed by atoms with Gasteiger partial charge in [-0.05, 0) is 122 Å². The molecule has 5 aliphatic heterocycles. The van der Waals surface area contributed by atoms with Crippen molar-refractivity contribution in [2.45, 2.75) is 129 Å². The number of fused-ring (bicyclic) bond motifs is 8. The Labute approximate surface area is 465 Å². The van der Waals surface area contributed by atoms with Gasteiger partial charge in [0.1, 0.15) is 30.1 Å². The molecule has 5 fully saturated rings. The molecular formula is C61H72N10O7S. The lowest BCUT2D eigenvalue weighted by Gasteiger charge is -2.39. The van der Waals surface area contributed by atoms with Crippen molar-refractivity contribution in [2.24, 2.45) is 11.3 Å². The fraction of sp³-hybridized carbons (Fsp3) is 0.492. The van der Waals surface area contributed by atoms with E-state index in [1.165, 1.54) is 16.9 Å². The summed E-state index contributed by atoms with van der Waals surface area (Å²) in [5.74, 6) is 0.289. The number of thiazole rings is 1. The van der Waals surface area contributed by atoms with Crippen molar-refractivity contribution in [1.29, 1.82) is 0 Å². The summed E-state index contributed by atoms with van der Waals surface area (Å²) < 4.78 is 18.6. The number of aryl methyl sites for hydroxylation is 1. The Morgan fingerprint density at radius 1 is 1.00 bits per heavy atom. The van der Waals surface area contributed by atoms with Crippen LogP contribution in [0.5, 0.6) is 17.6 Å². The molecule has 4 aromatic heterocycles. The number of aromatic hydroxyl groups is 1. The van der Waals surface area contributed by atoms with Crippen molar-refractivity contribution in [2.75, 3.05) is 57.4 Å². The predicted octanol–water partition coefficient (Wildman–Crippen LogP) is 9.30. The molecule has 17 nitrogen and oxygen atoms in total. The molecule has 7 atom stereocenters. The molecular weight excluding hydrogens is 1020 g/mol. The Hall–Kier alpha value is -6.73. The molecule has 3 unspecified atom stereocenters. The normalized spacial score (nSPS) is 22.5. The van der Waals surface area contributed by atoms with Crippen LogP contribution in [0.4, 0.5) is 5.82 Å². The number of nitrogens with one attached hydrogen (secondary N) is 2. The highest BCUT2D eigenvalue weighted by Gasteiger charge is 2.44. The van der Waals surface area contributed by atoms with Crippen LogP contribution in [0.2, 0.25) is 0 Å². The second-order valence-corrected chi connectivity index (χ2v) is 24.4. The molecule has 0 spiro atoms. The van der Waals surface area contributed by atoms with Gasteiger partial charge in [0.2, 0.25) is 11.8 Å². The number of hydrogen-bond acceptors (Lipinski definition) is 16. The number of piperidine rings is 1. The Balaban J connectivity index is 0.661. The van der Waals surface area contributed by atoms with Gasteiger partial charge < -0.3 is 44.6 Å². The number of hydrogen-bond donors (Lipinski definition) is 4. The highest BCUT2D eigenvalue weighted by Crippen LogP contribution is 2.49. The van der Waals surface area contributed by atoms with Crippen molar-refractivity contribution >= 4 is 50.6 Å². The highest BCUT2D eigenvalue weighted by molar-refractivity contribution is 7.13. The molecule has 7 aromatic rings. The fourth-order valence-electron chi connectivity index (χ4n) is 13.1. The summed E-state index contributed by atoms with van der Waals surface area (Å²) in [4.78, 5) is 55.7. The van der Waals surface area contributed by atoms with Crippen LogP contribution < -0.4 is 25.0 Å². The molecule has 2 bridgehead atoms. The van der Waals surface area contributed by atoms with Crippen LogP contribution >= 0.6 is 11.3 Å². The largest absolute Gasteiger partial charge is 0.508 e. The number of nitrogens with zero attached hydrogens (tertiary/aromatic N) is 8. The van der Waals surface area contributed by atoms with Crippen molar-refractivity contribution in [3.63, 3.8) is 0 Å². The maximum absolute atomic E-state index is 14.4. The van der Waals surface area contributed by atoms with Gasteiger partial charge in [-0.15, -0.1) is 11.3 Å². The van der Waals surface area contributed by atoms with Crippen LogP contribution in [-0.2, 0) is 9.59 Å². The van der Waals surface area contributed by atoms with E-state index >= 15 is 0 Å². The van der Waals surface area contributed by atoms with Crippen LogP contribution in [0, 0.1) is 18.3 Å². The number of benzene rings is 3. The summed E-state index contributed by atoms with van der Waals surface area (Å²) in [7, 11) is 0. The number of piperazine rings is 1. The molecule has 18 heteroatoms. The van der Waals surface area contributed by atoms with Gasteiger partial charge in [-0.25, -0.2) is 4.98 Å². The molecule has 13 rings (SSSR count). The van der Waals surface area contributed by atoms with Crippen LogP contribution in [-0.4, -0.2) is 134 Å².